The number of nitrogens with one attached hydrogen (secondary N) is 3. The van der Waals surface area contributed by atoms with Crippen molar-refractivity contribution in [2.45, 2.75) is 38.5 Å². The lowest BCUT2D eigenvalue weighted by molar-refractivity contribution is -0.146. The monoisotopic (exact) mass is 369 g/mol. The van der Waals surface area contributed by atoms with Gasteiger partial charge in [-0.1, -0.05) is 6.07 Å². The molecule has 0 heterocycles. The lowest BCUT2D eigenvalue weighted by Crippen LogP contribution is -2.54. The second kappa shape index (κ2) is 6.98. The van der Waals surface area contributed by atoms with Crippen LogP contribution in [0.1, 0.15) is 48.9 Å². The smallest absolute Gasteiger partial charge is 0.251 e. The van der Waals surface area contributed by atoms with Gasteiger partial charge >= 0.3 is 0 Å². The normalized spacial score (nSPS) is 30.6. The Morgan fingerprint density at radius 3 is 2.26 bits per heavy atom. The molecule has 0 aliphatic heterocycles. The zero-order valence-corrected chi connectivity index (χ0v) is 15.7. The zero-order valence-electron chi connectivity index (χ0n) is 15.7. The van der Waals surface area contributed by atoms with Gasteiger partial charge in [0.05, 0.1) is 6.54 Å². The quantitative estimate of drug-likeness (QED) is 0.744. The molecule has 144 valence electrons. The van der Waals surface area contributed by atoms with Crippen LogP contribution in [0.3, 0.4) is 0 Å². The maximum Gasteiger partial charge on any atom is 0.251 e. The summed E-state index contributed by atoms with van der Waals surface area (Å²) >= 11 is 0. The average molecular weight is 369 g/mol. The molecule has 4 saturated carbocycles. The van der Waals surface area contributed by atoms with Crippen molar-refractivity contribution in [3.8, 4) is 0 Å². The van der Waals surface area contributed by atoms with Crippen LogP contribution in [0, 0.1) is 23.2 Å². The van der Waals surface area contributed by atoms with E-state index < -0.39 is 0 Å². The molecule has 3 N–H and O–H groups in total. The molecular weight excluding hydrogens is 342 g/mol. The van der Waals surface area contributed by atoms with Gasteiger partial charge in [-0.15, -0.1) is 0 Å². The van der Waals surface area contributed by atoms with Crippen LogP contribution in [-0.4, -0.2) is 31.3 Å². The second-order valence-corrected chi connectivity index (χ2v) is 8.59. The average Bonchev–Trinajstić information content (AvgIpc) is 2.64. The van der Waals surface area contributed by atoms with E-state index in [2.05, 4.69) is 16.0 Å². The van der Waals surface area contributed by atoms with E-state index >= 15 is 0 Å². The van der Waals surface area contributed by atoms with E-state index in [1.165, 1.54) is 19.3 Å². The summed E-state index contributed by atoms with van der Waals surface area (Å²) in [4.78, 5) is 36.9. The Balaban J connectivity index is 1.33. The minimum Gasteiger partial charge on any atom is -0.355 e. The third-order valence-electron chi connectivity index (χ3n) is 6.56. The van der Waals surface area contributed by atoms with Crippen molar-refractivity contribution in [1.82, 2.24) is 10.6 Å². The number of benzene rings is 1. The number of carbonyl (C=O) groups excluding carboxylic acids is 3. The Bertz CT molecular complexity index is 738. The van der Waals surface area contributed by atoms with Crippen LogP contribution in [0.5, 0.6) is 0 Å². The standard InChI is InChI=1S/C21H27N3O3/c1-22-19(26)16-3-2-4-17(8-16)24-18(25)12-23-20(27)21-9-13-5-14(10-21)7-15(6-13)11-21/h2-4,8,13-15H,5-7,9-12H2,1H3,(H,22,26)(H,23,27)(H,24,25). The molecule has 0 aromatic heterocycles. The van der Waals surface area contributed by atoms with E-state index in [1.54, 1.807) is 31.3 Å². The van der Waals surface area contributed by atoms with Crippen LogP contribution in [0.15, 0.2) is 24.3 Å². The highest BCUT2D eigenvalue weighted by atomic mass is 16.2. The Labute approximate surface area is 159 Å². The zero-order chi connectivity index (χ0) is 19.0. The largest absolute Gasteiger partial charge is 0.355 e. The van der Waals surface area contributed by atoms with Gasteiger partial charge in [0.1, 0.15) is 0 Å². The molecule has 0 unspecified atom stereocenters. The summed E-state index contributed by atoms with van der Waals surface area (Å²) in [5, 5.41) is 8.19. The van der Waals surface area contributed by atoms with Gasteiger partial charge in [-0.05, 0) is 74.5 Å². The van der Waals surface area contributed by atoms with Crippen LogP contribution >= 0.6 is 0 Å². The fourth-order valence-electron chi connectivity index (χ4n) is 5.82. The lowest BCUT2D eigenvalue weighted by Gasteiger charge is -2.55. The summed E-state index contributed by atoms with van der Waals surface area (Å²) in [5.74, 6) is 1.66. The van der Waals surface area contributed by atoms with Crippen LogP contribution in [0.2, 0.25) is 0 Å². The minimum absolute atomic E-state index is 0.0369. The molecule has 3 amide bonds. The molecule has 0 saturated heterocycles. The Morgan fingerprint density at radius 1 is 1.04 bits per heavy atom. The first-order valence-corrected chi connectivity index (χ1v) is 9.88. The van der Waals surface area contributed by atoms with Crippen molar-refractivity contribution < 1.29 is 14.4 Å². The third-order valence-corrected chi connectivity index (χ3v) is 6.56. The van der Waals surface area contributed by atoms with E-state index in [1.807, 2.05) is 0 Å². The molecule has 0 atom stereocenters. The maximum absolute atomic E-state index is 12.9. The molecule has 5 rings (SSSR count). The van der Waals surface area contributed by atoms with Crippen LogP contribution in [0.4, 0.5) is 5.69 Å². The summed E-state index contributed by atoms with van der Waals surface area (Å²) in [7, 11) is 1.56. The molecule has 6 nitrogen and oxygen atoms in total. The molecule has 4 aliphatic rings. The summed E-state index contributed by atoms with van der Waals surface area (Å²) in [6.07, 6.45) is 6.82. The SMILES string of the molecule is CNC(=O)c1cccc(NC(=O)CNC(=O)C23CC4CC(CC(C4)C2)C3)c1. The number of amides is 3. The summed E-state index contributed by atoms with van der Waals surface area (Å²) in [5.41, 5.74) is 0.784. The highest BCUT2D eigenvalue weighted by Gasteiger charge is 2.54. The van der Waals surface area contributed by atoms with Crippen molar-refractivity contribution in [1.29, 1.82) is 0 Å². The number of carbonyl (C=O) groups is 3. The number of hydrogen-bond donors (Lipinski definition) is 3. The fraction of sp³-hybridized carbons (Fsp3) is 0.571. The molecule has 0 radical (unpaired) electrons. The number of anilines is 1. The third kappa shape index (κ3) is 3.57. The van der Waals surface area contributed by atoms with Crippen molar-refractivity contribution in [2.24, 2.45) is 23.2 Å². The van der Waals surface area contributed by atoms with Gasteiger partial charge in [0.2, 0.25) is 11.8 Å². The summed E-state index contributed by atoms with van der Waals surface area (Å²) < 4.78 is 0. The second-order valence-electron chi connectivity index (χ2n) is 8.59. The van der Waals surface area contributed by atoms with Gasteiger partial charge in [-0.2, -0.15) is 0 Å². The van der Waals surface area contributed by atoms with E-state index in [0.29, 0.717) is 29.0 Å². The van der Waals surface area contributed by atoms with Crippen molar-refractivity contribution >= 4 is 23.4 Å². The summed E-state index contributed by atoms with van der Waals surface area (Å²) in [6, 6.07) is 6.75. The predicted octanol–water partition coefficient (Wildman–Crippen LogP) is 2.32. The molecule has 4 aliphatic carbocycles. The maximum atomic E-state index is 12.9. The van der Waals surface area contributed by atoms with E-state index in [0.717, 1.165) is 19.3 Å². The van der Waals surface area contributed by atoms with E-state index in [9.17, 15) is 14.4 Å². The molecule has 1 aromatic carbocycles. The first kappa shape index (κ1) is 18.0. The van der Waals surface area contributed by atoms with Gasteiger partial charge in [-0.25, -0.2) is 0 Å². The van der Waals surface area contributed by atoms with Gasteiger partial charge in [0.25, 0.3) is 5.91 Å². The Kier molecular flexibility index (Phi) is 4.66. The number of hydrogen-bond acceptors (Lipinski definition) is 3. The minimum atomic E-state index is -0.276. The molecular formula is C21H27N3O3. The molecule has 1 aromatic rings. The van der Waals surface area contributed by atoms with Crippen molar-refractivity contribution in [3.05, 3.63) is 29.8 Å². The predicted molar refractivity (Wildman–Crippen MR) is 102 cm³/mol. The first-order valence-electron chi connectivity index (χ1n) is 9.88. The van der Waals surface area contributed by atoms with Crippen LogP contribution in [0.25, 0.3) is 0 Å². The Morgan fingerprint density at radius 2 is 1.67 bits per heavy atom. The topological polar surface area (TPSA) is 87.3 Å². The van der Waals surface area contributed by atoms with Crippen LogP contribution < -0.4 is 16.0 Å². The van der Waals surface area contributed by atoms with E-state index in [4.69, 9.17) is 0 Å². The van der Waals surface area contributed by atoms with Gasteiger partial charge < -0.3 is 16.0 Å². The van der Waals surface area contributed by atoms with Crippen LogP contribution in [-0.2, 0) is 9.59 Å². The number of rotatable bonds is 5. The highest BCUT2D eigenvalue weighted by molar-refractivity contribution is 5.98. The first-order chi connectivity index (χ1) is 13.0. The molecule has 27 heavy (non-hydrogen) atoms. The van der Waals surface area contributed by atoms with E-state index in [-0.39, 0.29) is 29.7 Å². The molecule has 0 spiro atoms. The molecule has 6 heteroatoms. The molecule has 4 bridgehead atoms. The summed E-state index contributed by atoms with van der Waals surface area (Å²) in [6.45, 7) is -0.0369. The van der Waals surface area contributed by atoms with Gasteiger partial charge in [0.15, 0.2) is 0 Å². The lowest BCUT2D eigenvalue weighted by atomic mass is 9.49. The Hall–Kier alpha value is -2.37. The fourth-order valence-corrected chi connectivity index (χ4v) is 5.82. The van der Waals surface area contributed by atoms with Crippen molar-refractivity contribution in [2.75, 3.05) is 18.9 Å². The van der Waals surface area contributed by atoms with Crippen molar-refractivity contribution in [3.63, 3.8) is 0 Å². The highest BCUT2D eigenvalue weighted by Crippen LogP contribution is 2.60. The van der Waals surface area contributed by atoms with Gasteiger partial charge in [-0.3, -0.25) is 14.4 Å². The molecule has 4 fully saturated rings. The van der Waals surface area contributed by atoms with Gasteiger partial charge in [0, 0.05) is 23.7 Å².